The van der Waals surface area contributed by atoms with Gasteiger partial charge in [0, 0.05) is 6.42 Å². The minimum absolute atomic E-state index is 0.263. The quantitative estimate of drug-likeness (QED) is 0.480. The molecule has 11 heavy (non-hydrogen) atoms. The molecule has 1 unspecified atom stereocenters. The molecule has 0 heterocycles. The molecule has 4 heteroatoms. The molecular weight excluding hydrogens is 146 g/mol. The zero-order chi connectivity index (χ0) is 8.91. The van der Waals surface area contributed by atoms with E-state index in [1.54, 1.807) is 0 Å². The lowest BCUT2D eigenvalue weighted by atomic mass is 10.1. The van der Waals surface area contributed by atoms with E-state index in [-0.39, 0.29) is 6.42 Å². The Morgan fingerprint density at radius 2 is 2.36 bits per heavy atom. The third-order valence-electron chi connectivity index (χ3n) is 1.13. The van der Waals surface area contributed by atoms with Crippen LogP contribution in [0.1, 0.15) is 13.3 Å². The third-order valence-corrected chi connectivity index (χ3v) is 1.13. The number of rotatable bonds is 4. The molecule has 0 aromatic carbocycles. The summed E-state index contributed by atoms with van der Waals surface area (Å²) in [5.41, 5.74) is 3.57. The largest absolute Gasteiger partial charge is 0.435 e. The lowest BCUT2D eigenvalue weighted by molar-refractivity contribution is -0.122. The van der Waals surface area contributed by atoms with E-state index in [1.165, 1.54) is 13.0 Å². The first-order valence-electron chi connectivity index (χ1n) is 3.10. The number of primary amides is 1. The molecule has 0 saturated heterocycles. The summed E-state index contributed by atoms with van der Waals surface area (Å²) in [6, 6.07) is 0. The van der Waals surface area contributed by atoms with E-state index in [1.807, 2.05) is 0 Å². The molecule has 0 saturated carbocycles. The van der Waals surface area contributed by atoms with E-state index in [0.29, 0.717) is 6.29 Å². The number of ether oxygens (including phenoxy) is 1. The Hall–Kier alpha value is -1.32. The molecule has 0 aliphatic carbocycles. The molecule has 0 aromatic rings. The fourth-order valence-corrected chi connectivity index (χ4v) is 0.630. The molecule has 0 bridgehead atoms. The van der Waals surface area contributed by atoms with E-state index in [2.05, 4.69) is 11.3 Å². The average Bonchev–Trinajstić information content (AvgIpc) is 1.87. The minimum atomic E-state index is -1.16. The summed E-state index contributed by atoms with van der Waals surface area (Å²) in [5.74, 6) is 0. The second kappa shape index (κ2) is 3.75. The Labute approximate surface area is 65.0 Å². The first-order valence-corrected chi connectivity index (χ1v) is 3.10. The van der Waals surface area contributed by atoms with Crippen LogP contribution in [0.3, 0.4) is 0 Å². The van der Waals surface area contributed by atoms with Gasteiger partial charge in [-0.2, -0.15) is 0 Å². The number of hydrogen-bond donors (Lipinski definition) is 1. The molecule has 0 aliphatic heterocycles. The highest BCUT2D eigenvalue weighted by Gasteiger charge is 2.25. The van der Waals surface area contributed by atoms with Crippen molar-refractivity contribution in [1.29, 1.82) is 0 Å². The molecule has 0 spiro atoms. The monoisotopic (exact) mass is 157 g/mol. The van der Waals surface area contributed by atoms with Crippen molar-refractivity contribution in [3.63, 3.8) is 0 Å². The van der Waals surface area contributed by atoms with Crippen LogP contribution in [0, 0.1) is 0 Å². The van der Waals surface area contributed by atoms with Crippen LogP contribution in [0.15, 0.2) is 12.7 Å². The SMILES string of the molecule is C=CCC(C)(C=O)OC(N)=O. The van der Waals surface area contributed by atoms with Gasteiger partial charge in [-0.15, -0.1) is 6.58 Å². The van der Waals surface area contributed by atoms with Crippen molar-refractivity contribution in [3.8, 4) is 0 Å². The van der Waals surface area contributed by atoms with Crippen molar-refractivity contribution in [2.45, 2.75) is 18.9 Å². The number of aldehydes is 1. The normalized spacial score (nSPS) is 14.6. The van der Waals surface area contributed by atoms with Crippen LogP contribution in [0.25, 0.3) is 0 Å². The van der Waals surface area contributed by atoms with E-state index in [9.17, 15) is 9.59 Å². The lowest BCUT2D eigenvalue weighted by Crippen LogP contribution is -2.35. The van der Waals surface area contributed by atoms with Crippen LogP contribution in [0.5, 0.6) is 0 Å². The van der Waals surface area contributed by atoms with Gasteiger partial charge in [0.25, 0.3) is 0 Å². The summed E-state index contributed by atoms with van der Waals surface area (Å²) in [5, 5.41) is 0. The van der Waals surface area contributed by atoms with Gasteiger partial charge >= 0.3 is 6.09 Å². The molecule has 2 N–H and O–H groups in total. The van der Waals surface area contributed by atoms with Gasteiger partial charge in [0.2, 0.25) is 0 Å². The van der Waals surface area contributed by atoms with Crippen molar-refractivity contribution in [3.05, 3.63) is 12.7 Å². The number of carbonyl (C=O) groups excluding carboxylic acids is 2. The summed E-state index contributed by atoms with van der Waals surface area (Å²) >= 11 is 0. The molecule has 0 aromatic heterocycles. The Morgan fingerprint density at radius 3 is 2.64 bits per heavy atom. The second-order valence-electron chi connectivity index (χ2n) is 2.34. The van der Waals surface area contributed by atoms with Gasteiger partial charge in [-0.25, -0.2) is 4.79 Å². The maximum atomic E-state index is 10.4. The van der Waals surface area contributed by atoms with E-state index in [4.69, 9.17) is 5.73 Å². The molecule has 0 fully saturated rings. The maximum Gasteiger partial charge on any atom is 0.405 e. The highest BCUT2D eigenvalue weighted by Crippen LogP contribution is 2.12. The van der Waals surface area contributed by atoms with Crippen molar-refractivity contribution < 1.29 is 14.3 Å². The highest BCUT2D eigenvalue weighted by molar-refractivity contribution is 5.71. The van der Waals surface area contributed by atoms with Gasteiger partial charge in [0.15, 0.2) is 11.9 Å². The van der Waals surface area contributed by atoms with E-state index >= 15 is 0 Å². The fraction of sp³-hybridized carbons (Fsp3) is 0.429. The lowest BCUT2D eigenvalue weighted by Gasteiger charge is -2.19. The smallest absolute Gasteiger partial charge is 0.405 e. The van der Waals surface area contributed by atoms with Crippen LogP contribution in [0.4, 0.5) is 4.79 Å². The van der Waals surface area contributed by atoms with Crippen LogP contribution in [-0.4, -0.2) is 18.0 Å². The maximum absolute atomic E-state index is 10.4. The number of carbonyl (C=O) groups is 2. The molecule has 0 aliphatic rings. The van der Waals surface area contributed by atoms with Crippen molar-refractivity contribution in [2.24, 2.45) is 5.73 Å². The van der Waals surface area contributed by atoms with Crippen molar-refractivity contribution in [2.75, 3.05) is 0 Å². The number of amides is 1. The predicted octanol–water partition coefficient (Wildman–Crippen LogP) is 0.615. The summed E-state index contributed by atoms with van der Waals surface area (Å²) in [6.07, 6.45) is 1.32. The molecule has 1 amide bonds. The Kier molecular flexibility index (Phi) is 3.30. The standard InChI is InChI=1S/C7H11NO3/c1-3-4-7(2,5-9)11-6(8)10/h3,5H,1,4H2,2H3,(H2,8,10). The van der Waals surface area contributed by atoms with Gasteiger partial charge < -0.3 is 10.5 Å². The Bertz CT molecular complexity index is 179. The van der Waals surface area contributed by atoms with E-state index in [0.717, 1.165) is 0 Å². The molecular formula is C7H11NO3. The first-order chi connectivity index (χ1) is 5.04. The van der Waals surface area contributed by atoms with Crippen LogP contribution in [0.2, 0.25) is 0 Å². The minimum Gasteiger partial charge on any atom is -0.435 e. The molecule has 0 rings (SSSR count). The average molecular weight is 157 g/mol. The summed E-state index contributed by atoms with van der Waals surface area (Å²) in [6.45, 7) is 4.87. The molecule has 4 nitrogen and oxygen atoms in total. The van der Waals surface area contributed by atoms with Gasteiger partial charge in [0.05, 0.1) is 0 Å². The first kappa shape index (κ1) is 9.68. The summed E-state index contributed by atoms with van der Waals surface area (Å²) in [4.78, 5) is 20.6. The van der Waals surface area contributed by atoms with E-state index < -0.39 is 11.7 Å². The molecule has 0 radical (unpaired) electrons. The van der Waals surface area contributed by atoms with Crippen LogP contribution >= 0.6 is 0 Å². The second-order valence-corrected chi connectivity index (χ2v) is 2.34. The van der Waals surface area contributed by atoms with Crippen LogP contribution < -0.4 is 5.73 Å². The van der Waals surface area contributed by atoms with Gasteiger partial charge in [-0.1, -0.05) is 6.08 Å². The van der Waals surface area contributed by atoms with Gasteiger partial charge in [-0.05, 0) is 6.92 Å². The highest BCUT2D eigenvalue weighted by atomic mass is 16.6. The van der Waals surface area contributed by atoms with Gasteiger partial charge in [0.1, 0.15) is 0 Å². The zero-order valence-electron chi connectivity index (χ0n) is 6.37. The molecule has 62 valence electrons. The topological polar surface area (TPSA) is 69.4 Å². The zero-order valence-corrected chi connectivity index (χ0v) is 6.37. The summed E-state index contributed by atoms with van der Waals surface area (Å²) < 4.78 is 4.53. The summed E-state index contributed by atoms with van der Waals surface area (Å²) in [7, 11) is 0. The third kappa shape index (κ3) is 3.40. The molecule has 1 atom stereocenters. The Balaban J connectivity index is 4.19. The van der Waals surface area contributed by atoms with Gasteiger partial charge in [-0.3, -0.25) is 4.79 Å². The predicted molar refractivity (Wildman–Crippen MR) is 40.0 cm³/mol. The Morgan fingerprint density at radius 1 is 1.82 bits per heavy atom. The van der Waals surface area contributed by atoms with Crippen molar-refractivity contribution in [1.82, 2.24) is 0 Å². The van der Waals surface area contributed by atoms with Crippen molar-refractivity contribution >= 4 is 12.4 Å². The number of hydrogen-bond acceptors (Lipinski definition) is 3. The fourth-order valence-electron chi connectivity index (χ4n) is 0.630. The number of nitrogens with two attached hydrogens (primary N) is 1. The van der Waals surface area contributed by atoms with Crippen LogP contribution in [-0.2, 0) is 9.53 Å².